The summed E-state index contributed by atoms with van der Waals surface area (Å²) in [6.07, 6.45) is 6.99. The van der Waals surface area contributed by atoms with Crippen molar-refractivity contribution >= 4 is 11.9 Å². The number of carbonyl (C=O) groups excluding carboxylic acids is 2. The first-order valence-electron chi connectivity index (χ1n) is 10.7. The molecule has 30 heavy (non-hydrogen) atoms. The molecule has 0 bridgehead atoms. The van der Waals surface area contributed by atoms with Gasteiger partial charge >= 0.3 is 5.97 Å². The van der Waals surface area contributed by atoms with E-state index in [1.807, 2.05) is 48.5 Å². The predicted molar refractivity (Wildman–Crippen MR) is 115 cm³/mol. The molecule has 2 aliphatic rings. The van der Waals surface area contributed by atoms with Crippen LogP contribution in [0.5, 0.6) is 11.5 Å². The average molecular weight is 405 g/mol. The summed E-state index contributed by atoms with van der Waals surface area (Å²) in [4.78, 5) is 25.6. The second-order valence-electron chi connectivity index (χ2n) is 7.84. The van der Waals surface area contributed by atoms with E-state index in [-0.39, 0.29) is 5.91 Å². The van der Waals surface area contributed by atoms with Crippen molar-refractivity contribution in [1.82, 2.24) is 5.32 Å². The van der Waals surface area contributed by atoms with Gasteiger partial charge in [-0.3, -0.25) is 9.59 Å². The van der Waals surface area contributed by atoms with Crippen molar-refractivity contribution in [1.29, 1.82) is 0 Å². The van der Waals surface area contributed by atoms with Crippen LogP contribution >= 0.6 is 0 Å². The van der Waals surface area contributed by atoms with Crippen LogP contribution in [0.1, 0.15) is 56.1 Å². The third kappa shape index (κ3) is 4.40. The van der Waals surface area contributed by atoms with Crippen LogP contribution in [0.25, 0.3) is 0 Å². The highest BCUT2D eigenvalue weighted by Gasteiger charge is 2.35. The quantitative estimate of drug-likeness (QED) is 0.550. The number of allylic oxidation sites excluding steroid dienone is 1. The largest absolute Gasteiger partial charge is 0.457 e. The van der Waals surface area contributed by atoms with Gasteiger partial charge in [-0.2, -0.15) is 0 Å². The maximum Gasteiger partial charge on any atom is 0.318 e. The molecule has 0 spiro atoms. The Kier molecular flexibility index (Phi) is 6.17. The minimum atomic E-state index is -0.861. The van der Waals surface area contributed by atoms with E-state index in [0.717, 1.165) is 30.4 Å². The summed E-state index contributed by atoms with van der Waals surface area (Å²) in [5.74, 6) is -0.0648. The van der Waals surface area contributed by atoms with Gasteiger partial charge in [0.15, 0.2) is 6.10 Å². The predicted octanol–water partition coefficient (Wildman–Crippen LogP) is 4.86. The maximum atomic E-state index is 13.1. The number of hydrogen-bond donors (Lipinski definition) is 1. The molecule has 1 amide bonds. The van der Waals surface area contributed by atoms with Crippen molar-refractivity contribution in [2.24, 2.45) is 0 Å². The summed E-state index contributed by atoms with van der Waals surface area (Å²) in [5.41, 5.74) is 2.90. The maximum absolute atomic E-state index is 13.1. The molecule has 1 heterocycles. The molecule has 0 unspecified atom stereocenters. The van der Waals surface area contributed by atoms with Gasteiger partial charge in [-0.1, -0.05) is 48.0 Å². The third-order valence-electron chi connectivity index (χ3n) is 5.71. The number of nitrogens with one attached hydrogen (secondary N) is 1. The van der Waals surface area contributed by atoms with Crippen molar-refractivity contribution in [3.8, 4) is 11.5 Å². The minimum absolute atomic E-state index is 0.270. The molecular formula is C25H27NO4. The molecule has 5 heteroatoms. The summed E-state index contributed by atoms with van der Waals surface area (Å²) in [6, 6.07) is 14.9. The molecular weight excluding hydrogens is 378 g/mol. The highest BCUT2D eigenvalue weighted by molar-refractivity contribution is 5.89. The van der Waals surface area contributed by atoms with Crippen molar-refractivity contribution < 1.29 is 19.1 Å². The molecule has 0 fully saturated rings. The van der Waals surface area contributed by atoms with Gasteiger partial charge in [0.05, 0.1) is 0 Å². The number of carbonyl (C=O) groups is 2. The Morgan fingerprint density at radius 1 is 1.07 bits per heavy atom. The van der Waals surface area contributed by atoms with E-state index in [1.54, 1.807) is 6.92 Å². The number of benzene rings is 2. The first-order valence-corrected chi connectivity index (χ1v) is 10.7. The molecule has 0 aromatic heterocycles. The average Bonchev–Trinajstić information content (AvgIpc) is 2.77. The smallest absolute Gasteiger partial charge is 0.318 e. The standard InChI is InChI=1S/C25H27NO4/c1-17(24(27)26-16-15-18-9-3-2-4-10-18)29-25(28)23-19-11-5-7-13-21(19)30-22-14-8-6-12-20(22)23/h5-9,11-14,17,23H,2-4,10,15-16H2,1H3,(H,26,27)/t17-/m1/s1. The topological polar surface area (TPSA) is 64.6 Å². The molecule has 5 nitrogen and oxygen atoms in total. The normalized spacial score (nSPS) is 16.4. The lowest BCUT2D eigenvalue weighted by Crippen LogP contribution is -2.37. The SMILES string of the molecule is C[C@@H](OC(=O)C1c2ccccc2Oc2ccccc21)C(=O)NCCC1=CCCCC1. The van der Waals surface area contributed by atoms with E-state index in [4.69, 9.17) is 9.47 Å². The molecule has 0 radical (unpaired) electrons. The second kappa shape index (κ2) is 9.16. The first kappa shape index (κ1) is 20.2. The first-order chi connectivity index (χ1) is 14.6. The molecule has 1 atom stereocenters. The lowest BCUT2D eigenvalue weighted by atomic mass is 9.88. The van der Waals surface area contributed by atoms with Crippen LogP contribution in [0.3, 0.4) is 0 Å². The van der Waals surface area contributed by atoms with E-state index < -0.39 is 18.0 Å². The number of fused-ring (bicyclic) bond motifs is 2. The van der Waals surface area contributed by atoms with Crippen LogP contribution in [-0.2, 0) is 14.3 Å². The number of para-hydroxylation sites is 2. The zero-order valence-corrected chi connectivity index (χ0v) is 17.2. The number of hydrogen-bond acceptors (Lipinski definition) is 4. The summed E-state index contributed by atoms with van der Waals surface area (Å²) in [7, 11) is 0. The highest BCUT2D eigenvalue weighted by Crippen LogP contribution is 2.44. The van der Waals surface area contributed by atoms with E-state index in [1.165, 1.54) is 18.4 Å². The molecule has 156 valence electrons. The van der Waals surface area contributed by atoms with Crippen LogP contribution in [0.4, 0.5) is 0 Å². The molecule has 4 rings (SSSR count). The molecule has 1 N–H and O–H groups in total. The van der Waals surface area contributed by atoms with Crippen LogP contribution < -0.4 is 10.1 Å². The van der Waals surface area contributed by atoms with E-state index in [0.29, 0.717) is 18.0 Å². The Balaban J connectivity index is 1.41. The minimum Gasteiger partial charge on any atom is -0.457 e. The van der Waals surface area contributed by atoms with Crippen LogP contribution in [0, 0.1) is 0 Å². The van der Waals surface area contributed by atoms with Crippen molar-refractivity contribution in [2.45, 2.75) is 51.0 Å². The van der Waals surface area contributed by atoms with Gasteiger partial charge in [0, 0.05) is 17.7 Å². The molecule has 2 aromatic rings. The van der Waals surface area contributed by atoms with Crippen LogP contribution in [0.2, 0.25) is 0 Å². The fourth-order valence-corrected chi connectivity index (χ4v) is 4.08. The van der Waals surface area contributed by atoms with E-state index in [2.05, 4.69) is 11.4 Å². The molecule has 2 aromatic carbocycles. The third-order valence-corrected chi connectivity index (χ3v) is 5.71. The van der Waals surface area contributed by atoms with Gasteiger partial charge in [0.2, 0.25) is 0 Å². The zero-order valence-electron chi connectivity index (χ0n) is 17.2. The summed E-state index contributed by atoms with van der Waals surface area (Å²) in [6.45, 7) is 2.18. The molecule has 1 aliphatic carbocycles. The molecule has 0 saturated heterocycles. The van der Waals surface area contributed by atoms with Crippen molar-refractivity contribution in [2.75, 3.05) is 6.54 Å². The zero-order chi connectivity index (χ0) is 20.9. The van der Waals surface area contributed by atoms with Gasteiger partial charge in [0.1, 0.15) is 17.4 Å². The lowest BCUT2D eigenvalue weighted by molar-refractivity contribution is -0.155. The van der Waals surface area contributed by atoms with Crippen LogP contribution in [-0.4, -0.2) is 24.5 Å². The fourth-order valence-electron chi connectivity index (χ4n) is 4.08. The molecule has 1 aliphatic heterocycles. The van der Waals surface area contributed by atoms with Gasteiger partial charge in [-0.15, -0.1) is 0 Å². The Bertz CT molecular complexity index is 920. The number of esters is 1. The number of rotatable bonds is 6. The van der Waals surface area contributed by atoms with Crippen LogP contribution in [0.15, 0.2) is 60.2 Å². The Morgan fingerprint density at radius 3 is 2.37 bits per heavy atom. The highest BCUT2D eigenvalue weighted by atomic mass is 16.5. The summed E-state index contributed by atoms with van der Waals surface area (Å²) >= 11 is 0. The number of ether oxygens (including phenoxy) is 2. The molecule has 0 saturated carbocycles. The Hall–Kier alpha value is -3.08. The van der Waals surface area contributed by atoms with Crippen molar-refractivity contribution in [3.63, 3.8) is 0 Å². The summed E-state index contributed by atoms with van der Waals surface area (Å²) in [5, 5.41) is 2.89. The fraction of sp³-hybridized carbons (Fsp3) is 0.360. The van der Waals surface area contributed by atoms with Gasteiger partial charge in [0.25, 0.3) is 5.91 Å². The lowest BCUT2D eigenvalue weighted by Gasteiger charge is -2.27. The monoisotopic (exact) mass is 405 g/mol. The Labute approximate surface area is 177 Å². The second-order valence-corrected chi connectivity index (χ2v) is 7.84. The van der Waals surface area contributed by atoms with Gasteiger partial charge in [-0.25, -0.2) is 0 Å². The van der Waals surface area contributed by atoms with E-state index in [9.17, 15) is 9.59 Å². The summed E-state index contributed by atoms with van der Waals surface area (Å²) < 4.78 is 11.5. The van der Waals surface area contributed by atoms with Gasteiger partial charge < -0.3 is 14.8 Å². The van der Waals surface area contributed by atoms with Gasteiger partial charge in [-0.05, 0) is 51.2 Å². The Morgan fingerprint density at radius 2 is 1.73 bits per heavy atom. The van der Waals surface area contributed by atoms with Crippen molar-refractivity contribution in [3.05, 3.63) is 71.3 Å². The number of amides is 1. The van der Waals surface area contributed by atoms with E-state index >= 15 is 0 Å².